The van der Waals surface area contributed by atoms with E-state index in [0.29, 0.717) is 31.0 Å². The molecule has 0 aliphatic carbocycles. The minimum Gasteiger partial charge on any atom is -0.380 e. The Labute approximate surface area is 143 Å². The number of azo groups is 1. The third-order valence-corrected chi connectivity index (χ3v) is 3.54. The Bertz CT molecular complexity index is 720. The van der Waals surface area contributed by atoms with Gasteiger partial charge in [-0.05, 0) is 37.1 Å². The summed E-state index contributed by atoms with van der Waals surface area (Å²) in [5, 5.41) is 21.4. The monoisotopic (exact) mass is 322 g/mol. The van der Waals surface area contributed by atoms with Crippen LogP contribution >= 0.6 is 0 Å². The summed E-state index contributed by atoms with van der Waals surface area (Å²) in [5.74, 6) is 0. The van der Waals surface area contributed by atoms with Crippen LogP contribution in [0.4, 0.5) is 17.1 Å². The number of benzene rings is 2. The van der Waals surface area contributed by atoms with Crippen LogP contribution in [-0.4, -0.2) is 19.8 Å². The number of rotatable bonds is 8. The van der Waals surface area contributed by atoms with Crippen molar-refractivity contribution in [1.29, 1.82) is 5.26 Å². The lowest BCUT2D eigenvalue weighted by Gasteiger charge is -2.13. The van der Waals surface area contributed by atoms with Gasteiger partial charge in [0.15, 0.2) is 0 Å². The summed E-state index contributed by atoms with van der Waals surface area (Å²) in [6.45, 7) is 5.85. The number of hydrogen-bond acceptors (Lipinski definition) is 5. The van der Waals surface area contributed by atoms with Crippen LogP contribution in [0.25, 0.3) is 0 Å². The molecule has 0 fully saturated rings. The zero-order chi connectivity index (χ0) is 17.2. The molecule has 0 aromatic heterocycles. The number of aryl methyl sites for hydroxylation is 1. The molecule has 0 aliphatic heterocycles. The zero-order valence-corrected chi connectivity index (χ0v) is 14.1. The van der Waals surface area contributed by atoms with Crippen molar-refractivity contribution in [3.63, 3.8) is 0 Å². The van der Waals surface area contributed by atoms with Crippen LogP contribution in [0, 0.1) is 11.3 Å². The Hall–Kier alpha value is -2.71. The molecule has 0 atom stereocenters. The van der Waals surface area contributed by atoms with Crippen molar-refractivity contribution in [2.24, 2.45) is 10.2 Å². The van der Waals surface area contributed by atoms with Crippen molar-refractivity contribution in [2.75, 3.05) is 25.1 Å². The number of nitriles is 1. The second kappa shape index (κ2) is 9.43. The van der Waals surface area contributed by atoms with Crippen LogP contribution in [-0.2, 0) is 11.2 Å². The maximum absolute atomic E-state index is 9.55. The Balaban J connectivity index is 2.31. The molecule has 0 heterocycles. The molecule has 124 valence electrons. The highest BCUT2D eigenvalue weighted by molar-refractivity contribution is 5.75. The van der Waals surface area contributed by atoms with Gasteiger partial charge in [0, 0.05) is 13.2 Å². The van der Waals surface area contributed by atoms with Gasteiger partial charge in [-0.25, -0.2) is 0 Å². The second-order valence-electron chi connectivity index (χ2n) is 5.12. The van der Waals surface area contributed by atoms with Gasteiger partial charge in [0.2, 0.25) is 0 Å². The van der Waals surface area contributed by atoms with Crippen molar-refractivity contribution < 1.29 is 4.74 Å². The Morgan fingerprint density at radius 1 is 1.08 bits per heavy atom. The summed E-state index contributed by atoms with van der Waals surface area (Å²) >= 11 is 0. The Morgan fingerprint density at radius 3 is 2.54 bits per heavy atom. The number of ether oxygens (including phenoxy) is 1. The van der Waals surface area contributed by atoms with Gasteiger partial charge in [-0.1, -0.05) is 31.2 Å². The molecule has 0 spiro atoms. The van der Waals surface area contributed by atoms with Gasteiger partial charge in [-0.3, -0.25) is 0 Å². The average Bonchev–Trinajstić information content (AvgIpc) is 2.64. The smallest absolute Gasteiger partial charge is 0.110 e. The maximum Gasteiger partial charge on any atom is 0.110 e. The minimum atomic E-state index is 0.576. The first-order chi connectivity index (χ1) is 11.8. The van der Waals surface area contributed by atoms with Crippen LogP contribution in [0.15, 0.2) is 52.7 Å². The third-order valence-electron chi connectivity index (χ3n) is 3.54. The molecule has 0 amide bonds. The van der Waals surface area contributed by atoms with Gasteiger partial charge >= 0.3 is 0 Å². The summed E-state index contributed by atoms with van der Waals surface area (Å²) in [7, 11) is 0. The molecule has 5 heteroatoms. The molecule has 0 radical (unpaired) electrons. The normalized spacial score (nSPS) is 10.7. The van der Waals surface area contributed by atoms with Gasteiger partial charge in [-0.15, -0.1) is 5.11 Å². The molecule has 2 aromatic carbocycles. The highest BCUT2D eigenvalue weighted by Crippen LogP contribution is 2.32. The highest BCUT2D eigenvalue weighted by atomic mass is 16.5. The molecule has 2 aromatic rings. The number of nitrogens with one attached hydrogen (secondary N) is 1. The molecule has 0 aliphatic rings. The lowest BCUT2D eigenvalue weighted by atomic mass is 10.0. The molecular formula is C19H22N4O. The summed E-state index contributed by atoms with van der Waals surface area (Å²) < 4.78 is 5.36. The molecule has 0 saturated carbocycles. The van der Waals surface area contributed by atoms with E-state index in [1.54, 1.807) is 0 Å². The SMILES string of the molecule is CCOCCNc1c(N=Nc2ccccc2)ccc(CC)c1C#N. The third kappa shape index (κ3) is 4.64. The molecule has 24 heavy (non-hydrogen) atoms. The van der Waals surface area contributed by atoms with Crippen molar-refractivity contribution in [1.82, 2.24) is 0 Å². The van der Waals surface area contributed by atoms with Crippen molar-refractivity contribution in [2.45, 2.75) is 20.3 Å². The van der Waals surface area contributed by atoms with Gasteiger partial charge in [0.25, 0.3) is 0 Å². The van der Waals surface area contributed by atoms with Crippen LogP contribution in [0.5, 0.6) is 0 Å². The fourth-order valence-electron chi connectivity index (χ4n) is 2.32. The largest absolute Gasteiger partial charge is 0.380 e. The van der Waals surface area contributed by atoms with Gasteiger partial charge in [0.05, 0.1) is 23.5 Å². The molecule has 0 bridgehead atoms. The lowest BCUT2D eigenvalue weighted by Crippen LogP contribution is -2.11. The molecule has 2 rings (SSSR count). The molecule has 1 N–H and O–H groups in total. The molecular weight excluding hydrogens is 300 g/mol. The first-order valence-corrected chi connectivity index (χ1v) is 8.14. The predicted molar refractivity (Wildman–Crippen MR) is 96.1 cm³/mol. The van der Waals surface area contributed by atoms with E-state index in [1.165, 1.54) is 0 Å². The van der Waals surface area contributed by atoms with E-state index in [1.807, 2.05) is 56.3 Å². The molecule has 5 nitrogen and oxygen atoms in total. The van der Waals surface area contributed by atoms with Crippen molar-refractivity contribution >= 4 is 17.1 Å². The standard InChI is InChI=1S/C19H22N4O/c1-3-15-10-11-18(23-22-16-8-6-5-7-9-16)19(17(15)14-20)21-12-13-24-4-2/h5-11,21H,3-4,12-13H2,1-2H3. The van der Waals surface area contributed by atoms with Crippen LogP contribution in [0.3, 0.4) is 0 Å². The lowest BCUT2D eigenvalue weighted by molar-refractivity contribution is 0.158. The highest BCUT2D eigenvalue weighted by Gasteiger charge is 2.12. The van der Waals surface area contributed by atoms with E-state index >= 15 is 0 Å². The summed E-state index contributed by atoms with van der Waals surface area (Å²) in [5.41, 5.74) is 3.77. The molecule has 0 unspecified atom stereocenters. The maximum atomic E-state index is 9.55. The van der Waals surface area contributed by atoms with Gasteiger partial charge in [0.1, 0.15) is 11.8 Å². The van der Waals surface area contributed by atoms with Gasteiger partial charge in [-0.2, -0.15) is 10.4 Å². The summed E-state index contributed by atoms with van der Waals surface area (Å²) in [6, 6.07) is 15.7. The average molecular weight is 322 g/mol. The summed E-state index contributed by atoms with van der Waals surface area (Å²) in [4.78, 5) is 0. The first kappa shape index (κ1) is 17.6. The van der Waals surface area contributed by atoms with E-state index in [2.05, 4.69) is 21.6 Å². The van der Waals surface area contributed by atoms with E-state index in [0.717, 1.165) is 23.4 Å². The molecule has 0 saturated heterocycles. The predicted octanol–water partition coefficient (Wildman–Crippen LogP) is 4.98. The van der Waals surface area contributed by atoms with E-state index in [9.17, 15) is 5.26 Å². The van der Waals surface area contributed by atoms with Crippen LogP contribution in [0.2, 0.25) is 0 Å². The second-order valence-corrected chi connectivity index (χ2v) is 5.12. The summed E-state index contributed by atoms with van der Waals surface area (Å²) in [6.07, 6.45) is 0.791. The van der Waals surface area contributed by atoms with Crippen LogP contribution in [0.1, 0.15) is 25.0 Å². The Morgan fingerprint density at radius 2 is 1.88 bits per heavy atom. The van der Waals surface area contributed by atoms with Crippen molar-refractivity contribution in [3.8, 4) is 6.07 Å². The topological polar surface area (TPSA) is 69.8 Å². The number of nitrogens with zero attached hydrogens (tertiary/aromatic N) is 3. The van der Waals surface area contributed by atoms with Crippen LogP contribution < -0.4 is 5.32 Å². The number of anilines is 1. The van der Waals surface area contributed by atoms with Crippen molar-refractivity contribution in [3.05, 3.63) is 53.6 Å². The Kier molecular flexibility index (Phi) is 6.93. The first-order valence-electron chi connectivity index (χ1n) is 8.14. The fraction of sp³-hybridized carbons (Fsp3) is 0.316. The number of hydrogen-bond donors (Lipinski definition) is 1. The zero-order valence-electron chi connectivity index (χ0n) is 14.1. The quantitative estimate of drug-likeness (QED) is 0.550. The van der Waals surface area contributed by atoms with E-state index in [4.69, 9.17) is 4.74 Å². The minimum absolute atomic E-state index is 0.576. The van der Waals surface area contributed by atoms with E-state index < -0.39 is 0 Å². The van der Waals surface area contributed by atoms with Gasteiger partial charge < -0.3 is 10.1 Å². The fourth-order valence-corrected chi connectivity index (χ4v) is 2.32. The van der Waals surface area contributed by atoms with E-state index in [-0.39, 0.29) is 0 Å².